The number of nitrogens with zero attached hydrogens (tertiary/aromatic N) is 2. The molecule has 8 nitrogen and oxygen atoms in total. The average Bonchev–Trinajstić information content (AvgIpc) is 2.25. The largest absolute Gasteiger partial charge is 0.363 e. The Balaban J connectivity index is 2.64. The maximum atomic E-state index is 10.8. The number of primary amides is 1. The fraction of sp³-hybridized carbons (Fsp3) is 0.333. The van der Waals surface area contributed by atoms with Crippen molar-refractivity contribution >= 4 is 17.5 Å². The van der Waals surface area contributed by atoms with Gasteiger partial charge in [0.15, 0.2) is 0 Å². The van der Waals surface area contributed by atoms with Crippen LogP contribution in [0.4, 0.5) is 16.3 Å². The summed E-state index contributed by atoms with van der Waals surface area (Å²) in [5, 5.41) is 15.9. The molecule has 0 saturated heterocycles. The molecule has 0 unspecified atom stereocenters. The van der Waals surface area contributed by atoms with E-state index in [0.717, 1.165) is 0 Å². The zero-order chi connectivity index (χ0) is 12.8. The van der Waals surface area contributed by atoms with Gasteiger partial charge >= 0.3 is 11.7 Å². The topological polar surface area (TPSA) is 123 Å². The third-order valence-electron chi connectivity index (χ3n) is 1.92. The fourth-order valence-corrected chi connectivity index (χ4v) is 1.20. The summed E-state index contributed by atoms with van der Waals surface area (Å²) >= 11 is 0. The molecule has 0 fully saturated rings. The van der Waals surface area contributed by atoms with Crippen LogP contribution in [0, 0.1) is 17.0 Å². The van der Waals surface area contributed by atoms with E-state index in [1.165, 1.54) is 12.3 Å². The van der Waals surface area contributed by atoms with Gasteiger partial charge in [-0.1, -0.05) is 0 Å². The first-order chi connectivity index (χ1) is 8.00. The van der Waals surface area contributed by atoms with E-state index >= 15 is 0 Å². The number of hydrogen-bond donors (Lipinski definition) is 3. The normalized spacial score (nSPS) is 9.71. The molecule has 0 saturated carbocycles. The van der Waals surface area contributed by atoms with Gasteiger partial charge < -0.3 is 16.4 Å². The van der Waals surface area contributed by atoms with E-state index in [2.05, 4.69) is 15.6 Å². The van der Waals surface area contributed by atoms with E-state index in [-0.39, 0.29) is 18.1 Å². The maximum absolute atomic E-state index is 10.8. The average molecular weight is 239 g/mol. The van der Waals surface area contributed by atoms with E-state index in [9.17, 15) is 14.9 Å². The number of aryl methyl sites for hydroxylation is 1. The Hall–Kier alpha value is -2.38. The van der Waals surface area contributed by atoms with Gasteiger partial charge in [0.2, 0.25) is 5.82 Å². The molecule has 0 aliphatic carbocycles. The van der Waals surface area contributed by atoms with Crippen LogP contribution in [0.2, 0.25) is 0 Å². The number of amides is 2. The second-order valence-corrected chi connectivity index (χ2v) is 3.36. The number of carbonyl (C=O) groups is 1. The SMILES string of the molecule is Cc1cnc(NCCNC(N)=O)c([N+](=O)[O-])c1. The molecular weight excluding hydrogens is 226 g/mol. The van der Waals surface area contributed by atoms with Crippen molar-refractivity contribution in [3.63, 3.8) is 0 Å². The van der Waals surface area contributed by atoms with Crippen molar-refractivity contribution < 1.29 is 9.72 Å². The quantitative estimate of drug-likeness (QED) is 0.389. The van der Waals surface area contributed by atoms with Crippen molar-refractivity contribution in [1.82, 2.24) is 10.3 Å². The Labute approximate surface area is 97.4 Å². The smallest absolute Gasteiger partial charge is 0.312 e. The van der Waals surface area contributed by atoms with E-state index in [1.807, 2.05) is 0 Å². The van der Waals surface area contributed by atoms with Crippen molar-refractivity contribution in [3.05, 3.63) is 27.9 Å². The molecular formula is C9H13N5O3. The van der Waals surface area contributed by atoms with Gasteiger partial charge in [0, 0.05) is 25.4 Å². The van der Waals surface area contributed by atoms with Crippen LogP contribution in [0.5, 0.6) is 0 Å². The summed E-state index contributed by atoms with van der Waals surface area (Å²) in [6, 6.07) is 0.787. The van der Waals surface area contributed by atoms with E-state index in [1.54, 1.807) is 6.92 Å². The van der Waals surface area contributed by atoms with Gasteiger partial charge in [0.25, 0.3) is 0 Å². The summed E-state index contributed by atoms with van der Waals surface area (Å²) in [4.78, 5) is 24.5. The number of urea groups is 1. The molecule has 0 aliphatic rings. The van der Waals surface area contributed by atoms with Crippen LogP contribution >= 0.6 is 0 Å². The number of anilines is 1. The minimum Gasteiger partial charge on any atom is -0.363 e. The van der Waals surface area contributed by atoms with Crippen molar-refractivity contribution in [1.29, 1.82) is 0 Å². The zero-order valence-corrected chi connectivity index (χ0v) is 9.27. The molecule has 92 valence electrons. The Morgan fingerprint density at radius 3 is 2.88 bits per heavy atom. The van der Waals surface area contributed by atoms with Crippen LogP contribution < -0.4 is 16.4 Å². The molecule has 17 heavy (non-hydrogen) atoms. The lowest BCUT2D eigenvalue weighted by molar-refractivity contribution is -0.384. The van der Waals surface area contributed by atoms with E-state index in [0.29, 0.717) is 12.1 Å². The van der Waals surface area contributed by atoms with Crippen molar-refractivity contribution in [3.8, 4) is 0 Å². The lowest BCUT2D eigenvalue weighted by Gasteiger charge is -2.06. The molecule has 0 aliphatic heterocycles. The van der Waals surface area contributed by atoms with Crippen molar-refractivity contribution in [2.75, 3.05) is 18.4 Å². The minimum absolute atomic E-state index is 0.0934. The Morgan fingerprint density at radius 1 is 1.59 bits per heavy atom. The highest BCUT2D eigenvalue weighted by Gasteiger charge is 2.14. The highest BCUT2D eigenvalue weighted by molar-refractivity contribution is 5.71. The third kappa shape index (κ3) is 3.93. The summed E-state index contributed by atoms with van der Waals surface area (Å²) in [6.45, 7) is 2.29. The first-order valence-electron chi connectivity index (χ1n) is 4.89. The van der Waals surface area contributed by atoms with Gasteiger partial charge in [0.05, 0.1) is 4.92 Å². The second kappa shape index (κ2) is 5.64. The predicted molar refractivity (Wildman–Crippen MR) is 61.7 cm³/mol. The lowest BCUT2D eigenvalue weighted by atomic mass is 10.3. The molecule has 0 spiro atoms. The number of rotatable bonds is 5. The van der Waals surface area contributed by atoms with Crippen LogP contribution in [0.1, 0.15) is 5.56 Å². The van der Waals surface area contributed by atoms with Crippen LogP contribution in [0.25, 0.3) is 0 Å². The number of nitrogens with two attached hydrogens (primary N) is 1. The van der Waals surface area contributed by atoms with Crippen LogP contribution in [-0.2, 0) is 0 Å². The standard InChI is InChI=1S/C9H13N5O3/c1-6-4-7(14(16)17)8(13-5-6)11-2-3-12-9(10)15/h4-5H,2-3H2,1H3,(H,11,13)(H3,10,12,15). The first-order valence-corrected chi connectivity index (χ1v) is 4.89. The molecule has 0 bridgehead atoms. The Morgan fingerprint density at radius 2 is 2.29 bits per heavy atom. The van der Waals surface area contributed by atoms with Gasteiger partial charge in [0.1, 0.15) is 0 Å². The van der Waals surface area contributed by atoms with Crippen LogP contribution in [0.3, 0.4) is 0 Å². The van der Waals surface area contributed by atoms with E-state index in [4.69, 9.17) is 5.73 Å². The van der Waals surface area contributed by atoms with Gasteiger partial charge in [-0.25, -0.2) is 9.78 Å². The number of carbonyl (C=O) groups excluding carboxylic acids is 1. The Bertz CT molecular complexity index is 435. The number of nitrogens with one attached hydrogen (secondary N) is 2. The summed E-state index contributed by atoms with van der Waals surface area (Å²) in [5.74, 6) is 0.173. The van der Waals surface area contributed by atoms with Gasteiger partial charge in [-0.05, 0) is 12.5 Å². The number of pyridine rings is 1. The molecule has 4 N–H and O–H groups in total. The van der Waals surface area contributed by atoms with Crippen LogP contribution in [-0.4, -0.2) is 29.0 Å². The predicted octanol–water partition coefficient (Wildman–Crippen LogP) is 0.378. The summed E-state index contributed by atoms with van der Waals surface area (Å²) in [5.41, 5.74) is 5.48. The molecule has 8 heteroatoms. The molecule has 1 aromatic rings. The highest BCUT2D eigenvalue weighted by atomic mass is 16.6. The summed E-state index contributed by atoms with van der Waals surface area (Å²) < 4.78 is 0. The molecule has 2 amide bonds. The zero-order valence-electron chi connectivity index (χ0n) is 9.27. The van der Waals surface area contributed by atoms with Gasteiger partial charge in [-0.3, -0.25) is 10.1 Å². The third-order valence-corrected chi connectivity index (χ3v) is 1.92. The fourth-order valence-electron chi connectivity index (χ4n) is 1.20. The molecule has 0 radical (unpaired) electrons. The number of aromatic nitrogens is 1. The highest BCUT2D eigenvalue weighted by Crippen LogP contribution is 2.21. The van der Waals surface area contributed by atoms with E-state index < -0.39 is 11.0 Å². The number of nitro groups is 1. The van der Waals surface area contributed by atoms with Crippen LogP contribution in [0.15, 0.2) is 12.3 Å². The number of hydrogen-bond acceptors (Lipinski definition) is 5. The molecule has 0 aromatic carbocycles. The second-order valence-electron chi connectivity index (χ2n) is 3.36. The maximum Gasteiger partial charge on any atom is 0.312 e. The van der Waals surface area contributed by atoms with Crippen molar-refractivity contribution in [2.24, 2.45) is 5.73 Å². The molecule has 1 heterocycles. The molecule has 1 rings (SSSR count). The first kappa shape index (κ1) is 12.7. The molecule has 1 aromatic heterocycles. The minimum atomic E-state index is -0.641. The lowest BCUT2D eigenvalue weighted by Crippen LogP contribution is -2.33. The summed E-state index contributed by atoms with van der Waals surface area (Å²) in [7, 11) is 0. The molecule has 0 atom stereocenters. The van der Waals surface area contributed by atoms with Gasteiger partial charge in [-0.15, -0.1) is 0 Å². The Kier molecular flexibility index (Phi) is 4.21. The summed E-state index contributed by atoms with van der Waals surface area (Å²) in [6.07, 6.45) is 1.52. The van der Waals surface area contributed by atoms with Crippen molar-refractivity contribution in [2.45, 2.75) is 6.92 Å². The van der Waals surface area contributed by atoms with Gasteiger partial charge in [-0.2, -0.15) is 0 Å². The monoisotopic (exact) mass is 239 g/mol.